The third kappa shape index (κ3) is 4.81. The maximum Gasteiger partial charge on any atom is 0.509 e. The number of fused-ring (bicyclic) bond motifs is 2. The fraction of sp³-hybridized carbons (Fsp3) is 0.611. The summed E-state index contributed by atoms with van der Waals surface area (Å²) in [4.78, 5) is 45.9. The number of rotatable bonds is 9. The Bertz CT molecular complexity index is 1250. The number of thioether (sulfide) groups is 1. The van der Waals surface area contributed by atoms with Gasteiger partial charge in [-0.15, -0.1) is 0 Å². The van der Waals surface area contributed by atoms with E-state index in [4.69, 9.17) is 29.0 Å². The summed E-state index contributed by atoms with van der Waals surface area (Å²) in [6.45, 7) is 2.74. The Balaban J connectivity index is 1.56. The van der Waals surface area contributed by atoms with Gasteiger partial charge in [0, 0.05) is 12.7 Å². The first kappa shape index (κ1) is 25.6. The molecule has 3 N–H and O–H groups in total. The summed E-state index contributed by atoms with van der Waals surface area (Å²) < 4.78 is 43.9. The predicted molar refractivity (Wildman–Crippen MR) is 123 cm³/mol. The number of aromatic nitrogens is 4. The van der Waals surface area contributed by atoms with Crippen molar-refractivity contribution in [2.75, 3.05) is 38.8 Å². The van der Waals surface area contributed by atoms with Crippen LogP contribution in [0, 0.1) is 0 Å². The van der Waals surface area contributed by atoms with E-state index in [1.54, 1.807) is 6.92 Å². The zero-order valence-corrected chi connectivity index (χ0v) is 21.0. The highest BCUT2D eigenvalue weighted by Crippen LogP contribution is 2.52. The van der Waals surface area contributed by atoms with E-state index in [1.807, 2.05) is 0 Å². The average molecular weight is 532 g/mol. The third-order valence-electron chi connectivity index (χ3n) is 5.46. The van der Waals surface area contributed by atoms with Crippen molar-refractivity contribution in [1.82, 2.24) is 24.2 Å². The zero-order valence-electron chi connectivity index (χ0n) is 19.3. The van der Waals surface area contributed by atoms with Gasteiger partial charge in [0.05, 0.1) is 19.5 Å². The highest BCUT2D eigenvalue weighted by Gasteiger charge is 2.64. The summed E-state index contributed by atoms with van der Waals surface area (Å²) in [6, 6.07) is 0. The molecule has 2 unspecified atom stereocenters. The SMILES string of the molecule is CC(=O)SCCOP(=O)(OC[C@H]1O[C@@H](n2cnc3c(=O)[nH]c(N)nc32)[C@@]2(C)OC(=O)OC12)N(C)C. The van der Waals surface area contributed by atoms with Gasteiger partial charge in [-0.25, -0.2) is 19.0 Å². The molecule has 0 radical (unpaired) electrons. The van der Waals surface area contributed by atoms with Crippen LogP contribution in [-0.4, -0.2) is 86.3 Å². The number of nitrogen functional groups attached to an aromatic ring is 1. The first-order valence-corrected chi connectivity index (χ1v) is 12.9. The molecule has 2 aliphatic rings. The molecule has 2 aromatic heterocycles. The standard InChI is InChI=1S/C18H25N6O9PS/c1-9(25)35-6-5-29-34(28,23(3)4)30-7-10-12-18(2,33-17(27)32-12)15(31-10)24-8-20-11-13(24)21-16(19)22-14(11)26/h8,10,12,15H,5-7H2,1-4H3,(H3,19,21,22,26)/t10-,12?,15-,18+,34?/m1/s1. The Morgan fingerprint density at radius 2 is 2.14 bits per heavy atom. The normalized spacial score (nSPS) is 27.6. The molecule has 0 amide bonds. The summed E-state index contributed by atoms with van der Waals surface area (Å²) in [7, 11) is -0.717. The topological polar surface area (TPSA) is 190 Å². The van der Waals surface area contributed by atoms with Crippen molar-refractivity contribution in [3.8, 4) is 0 Å². The van der Waals surface area contributed by atoms with Crippen molar-refractivity contribution in [1.29, 1.82) is 0 Å². The van der Waals surface area contributed by atoms with Gasteiger partial charge in [-0.05, 0) is 21.0 Å². The Kier molecular flexibility index (Phi) is 6.96. The molecule has 0 saturated carbocycles. The van der Waals surface area contributed by atoms with E-state index in [0.717, 1.165) is 11.8 Å². The van der Waals surface area contributed by atoms with Gasteiger partial charge in [-0.2, -0.15) is 4.98 Å². The first-order valence-electron chi connectivity index (χ1n) is 10.4. The van der Waals surface area contributed by atoms with Crippen LogP contribution in [0.2, 0.25) is 0 Å². The van der Waals surface area contributed by atoms with Crippen LogP contribution in [-0.2, 0) is 32.6 Å². The molecule has 35 heavy (non-hydrogen) atoms. The van der Waals surface area contributed by atoms with Crippen LogP contribution in [0.1, 0.15) is 20.1 Å². The van der Waals surface area contributed by atoms with Crippen LogP contribution < -0.4 is 11.3 Å². The Labute approximate surface area is 203 Å². The molecule has 2 aromatic rings. The number of nitrogens with zero attached hydrogens (tertiary/aromatic N) is 4. The zero-order chi connectivity index (χ0) is 25.5. The van der Waals surface area contributed by atoms with E-state index in [-0.39, 0.29) is 35.4 Å². The number of ether oxygens (including phenoxy) is 3. The fourth-order valence-corrected chi connectivity index (χ4v) is 5.62. The van der Waals surface area contributed by atoms with Crippen molar-refractivity contribution in [2.45, 2.75) is 37.9 Å². The van der Waals surface area contributed by atoms with E-state index < -0.39 is 43.5 Å². The van der Waals surface area contributed by atoms with Crippen molar-refractivity contribution in [2.24, 2.45) is 0 Å². The molecule has 17 heteroatoms. The molecule has 4 heterocycles. The van der Waals surface area contributed by atoms with E-state index >= 15 is 0 Å². The van der Waals surface area contributed by atoms with E-state index in [0.29, 0.717) is 5.75 Å². The lowest BCUT2D eigenvalue weighted by Gasteiger charge is -2.26. The molecule has 192 valence electrons. The van der Waals surface area contributed by atoms with Crippen LogP contribution in [0.25, 0.3) is 11.2 Å². The number of hydrogen-bond acceptors (Lipinski definition) is 13. The van der Waals surface area contributed by atoms with Crippen molar-refractivity contribution >= 4 is 47.9 Å². The minimum absolute atomic E-state index is 0.00968. The van der Waals surface area contributed by atoms with E-state index in [1.165, 1.54) is 36.6 Å². The minimum Gasteiger partial charge on any atom is -0.424 e. The van der Waals surface area contributed by atoms with Crippen LogP contribution in [0.15, 0.2) is 11.1 Å². The smallest absolute Gasteiger partial charge is 0.424 e. The molecule has 0 aromatic carbocycles. The van der Waals surface area contributed by atoms with Gasteiger partial charge in [0.15, 0.2) is 34.2 Å². The lowest BCUT2D eigenvalue weighted by molar-refractivity contribution is -0.109. The van der Waals surface area contributed by atoms with Crippen LogP contribution in [0.4, 0.5) is 10.7 Å². The molecule has 2 aliphatic heterocycles. The van der Waals surface area contributed by atoms with Gasteiger partial charge in [0.25, 0.3) is 5.56 Å². The van der Waals surface area contributed by atoms with Gasteiger partial charge in [-0.3, -0.25) is 28.2 Å². The first-order chi connectivity index (χ1) is 16.4. The van der Waals surface area contributed by atoms with Gasteiger partial charge >= 0.3 is 13.9 Å². The second-order valence-corrected chi connectivity index (χ2v) is 11.7. The number of carbonyl (C=O) groups is 2. The Hall–Kier alpha value is -2.49. The lowest BCUT2D eigenvalue weighted by Crippen LogP contribution is -2.42. The number of hydrogen-bond donors (Lipinski definition) is 2. The molecule has 0 spiro atoms. The number of H-pyrrole nitrogens is 1. The number of aromatic amines is 1. The van der Waals surface area contributed by atoms with E-state index in [2.05, 4.69) is 15.0 Å². The molecule has 5 atom stereocenters. The molecular weight excluding hydrogens is 507 g/mol. The molecule has 4 rings (SSSR count). The summed E-state index contributed by atoms with van der Waals surface area (Å²) >= 11 is 1.04. The summed E-state index contributed by atoms with van der Waals surface area (Å²) in [6.07, 6.45) is -2.48. The fourth-order valence-electron chi connectivity index (χ4n) is 3.85. The Morgan fingerprint density at radius 3 is 2.83 bits per heavy atom. The van der Waals surface area contributed by atoms with Gasteiger partial charge in [0.2, 0.25) is 5.95 Å². The second-order valence-electron chi connectivity index (χ2n) is 8.16. The molecule has 0 bridgehead atoms. The minimum atomic E-state index is -3.76. The number of carbonyl (C=O) groups excluding carboxylic acids is 2. The molecule has 15 nitrogen and oxygen atoms in total. The molecular formula is C18H25N6O9PS. The van der Waals surface area contributed by atoms with Gasteiger partial charge in [0.1, 0.15) is 6.10 Å². The highest BCUT2D eigenvalue weighted by molar-refractivity contribution is 8.13. The number of nitrogens with one attached hydrogen (secondary N) is 1. The van der Waals surface area contributed by atoms with Crippen LogP contribution >= 0.6 is 19.5 Å². The molecule has 2 fully saturated rings. The van der Waals surface area contributed by atoms with Crippen molar-refractivity contribution < 1.29 is 37.4 Å². The second kappa shape index (κ2) is 9.52. The summed E-state index contributed by atoms with van der Waals surface area (Å²) in [5.41, 5.74) is 3.92. The maximum absolute atomic E-state index is 13.2. The maximum atomic E-state index is 13.2. The monoisotopic (exact) mass is 532 g/mol. The number of nitrogens with two attached hydrogens (primary N) is 1. The average Bonchev–Trinajstić information content (AvgIpc) is 3.39. The van der Waals surface area contributed by atoms with Crippen LogP contribution in [0.3, 0.4) is 0 Å². The molecule has 2 saturated heterocycles. The third-order valence-corrected chi connectivity index (χ3v) is 8.20. The Morgan fingerprint density at radius 1 is 1.40 bits per heavy atom. The van der Waals surface area contributed by atoms with Gasteiger partial charge < -0.3 is 19.9 Å². The quantitative estimate of drug-likeness (QED) is 0.263. The number of anilines is 1. The van der Waals surface area contributed by atoms with Gasteiger partial charge in [-0.1, -0.05) is 11.8 Å². The number of imidazole rings is 1. The lowest BCUT2D eigenvalue weighted by atomic mass is 9.96. The van der Waals surface area contributed by atoms with Crippen LogP contribution in [0.5, 0.6) is 0 Å². The highest BCUT2D eigenvalue weighted by atomic mass is 32.2. The summed E-state index contributed by atoms with van der Waals surface area (Å²) in [5.74, 6) is 0.170. The molecule has 0 aliphatic carbocycles. The predicted octanol–water partition coefficient (Wildman–Crippen LogP) is 0.876. The van der Waals surface area contributed by atoms with E-state index in [9.17, 15) is 18.9 Å². The van der Waals surface area contributed by atoms with Crippen molar-refractivity contribution in [3.05, 3.63) is 16.7 Å². The largest absolute Gasteiger partial charge is 0.509 e. The summed E-state index contributed by atoms with van der Waals surface area (Å²) in [5, 5.41) is -0.0906. The van der Waals surface area contributed by atoms with Crippen molar-refractivity contribution in [3.63, 3.8) is 0 Å².